The number of amides is 4. The number of anilines is 1. The van der Waals surface area contributed by atoms with Crippen molar-refractivity contribution in [2.75, 3.05) is 4.90 Å². The van der Waals surface area contributed by atoms with E-state index < -0.39 is 17.8 Å². The number of hydrogen-bond donors (Lipinski definition) is 1. The normalized spacial score (nSPS) is 14.7. The van der Waals surface area contributed by atoms with Crippen LogP contribution in [-0.4, -0.2) is 17.8 Å². The molecule has 1 aliphatic heterocycles. The SMILES string of the molecule is Cc1ccc(N2C(=O)NC(=O)/C(=C\c3ccc(OCc4ccccc4C#N)c(Br)c3)C2=O)cc1. The summed E-state index contributed by atoms with van der Waals surface area (Å²) in [6.45, 7) is 2.10. The van der Waals surface area contributed by atoms with Crippen LogP contribution in [-0.2, 0) is 16.2 Å². The fourth-order valence-corrected chi connectivity index (χ4v) is 3.90. The molecule has 1 N–H and O–H groups in total. The van der Waals surface area contributed by atoms with Crippen molar-refractivity contribution >= 4 is 45.5 Å². The third-order valence-electron chi connectivity index (χ3n) is 5.18. The van der Waals surface area contributed by atoms with Gasteiger partial charge in [0.1, 0.15) is 17.9 Å². The molecule has 34 heavy (non-hydrogen) atoms. The Morgan fingerprint density at radius 1 is 1.06 bits per heavy atom. The first-order chi connectivity index (χ1) is 16.4. The second-order valence-electron chi connectivity index (χ2n) is 7.54. The van der Waals surface area contributed by atoms with E-state index in [0.29, 0.717) is 27.0 Å². The third-order valence-corrected chi connectivity index (χ3v) is 5.80. The third kappa shape index (κ3) is 4.75. The van der Waals surface area contributed by atoms with Gasteiger partial charge < -0.3 is 4.74 Å². The van der Waals surface area contributed by atoms with Crippen LogP contribution in [0.4, 0.5) is 10.5 Å². The lowest BCUT2D eigenvalue weighted by atomic mass is 10.1. The van der Waals surface area contributed by atoms with Crippen LogP contribution in [0.15, 0.2) is 76.8 Å². The Hall–Kier alpha value is -4.22. The van der Waals surface area contributed by atoms with E-state index in [1.165, 1.54) is 6.08 Å². The quantitative estimate of drug-likeness (QED) is 0.385. The number of barbiturate groups is 1. The maximum Gasteiger partial charge on any atom is 0.335 e. The van der Waals surface area contributed by atoms with Crippen LogP contribution in [0.3, 0.4) is 0 Å². The van der Waals surface area contributed by atoms with E-state index in [0.717, 1.165) is 16.0 Å². The number of carbonyl (C=O) groups excluding carboxylic acids is 3. The number of halogens is 1. The smallest absolute Gasteiger partial charge is 0.335 e. The molecule has 0 radical (unpaired) electrons. The van der Waals surface area contributed by atoms with Gasteiger partial charge in [0.25, 0.3) is 11.8 Å². The Labute approximate surface area is 204 Å². The van der Waals surface area contributed by atoms with Crippen LogP contribution in [0, 0.1) is 18.3 Å². The lowest BCUT2D eigenvalue weighted by Gasteiger charge is -2.26. The summed E-state index contributed by atoms with van der Waals surface area (Å²) in [6, 6.07) is 20.4. The van der Waals surface area contributed by atoms with Crippen molar-refractivity contribution in [3.8, 4) is 11.8 Å². The van der Waals surface area contributed by atoms with Gasteiger partial charge in [0.2, 0.25) is 0 Å². The number of nitriles is 1. The molecule has 4 rings (SSSR count). The van der Waals surface area contributed by atoms with Crippen LogP contribution >= 0.6 is 15.9 Å². The standard InChI is InChI=1S/C26H18BrN3O4/c1-16-6-9-20(10-7-16)30-25(32)21(24(31)29-26(30)33)12-17-8-11-23(22(27)13-17)34-15-19-5-3-2-4-18(19)14-28/h2-13H,15H2,1H3,(H,29,31,33)/b21-12+. The van der Waals surface area contributed by atoms with Crippen molar-refractivity contribution < 1.29 is 19.1 Å². The highest BCUT2D eigenvalue weighted by Gasteiger charge is 2.36. The second kappa shape index (κ2) is 9.73. The minimum absolute atomic E-state index is 0.163. The van der Waals surface area contributed by atoms with Crippen molar-refractivity contribution in [2.45, 2.75) is 13.5 Å². The van der Waals surface area contributed by atoms with Crippen molar-refractivity contribution in [1.82, 2.24) is 5.32 Å². The Bertz CT molecular complexity index is 1370. The molecule has 1 saturated heterocycles. The molecule has 1 fully saturated rings. The summed E-state index contributed by atoms with van der Waals surface area (Å²) in [7, 11) is 0. The number of aryl methyl sites for hydroxylation is 1. The molecule has 0 aromatic heterocycles. The lowest BCUT2D eigenvalue weighted by molar-refractivity contribution is -0.122. The van der Waals surface area contributed by atoms with E-state index in [4.69, 9.17) is 4.74 Å². The summed E-state index contributed by atoms with van der Waals surface area (Å²) in [5.74, 6) is -0.934. The van der Waals surface area contributed by atoms with Gasteiger partial charge in [-0.15, -0.1) is 0 Å². The highest BCUT2D eigenvalue weighted by molar-refractivity contribution is 9.10. The minimum atomic E-state index is -0.793. The Morgan fingerprint density at radius 2 is 1.79 bits per heavy atom. The number of nitrogens with zero attached hydrogens (tertiary/aromatic N) is 2. The number of imide groups is 2. The highest BCUT2D eigenvalue weighted by Crippen LogP contribution is 2.29. The fraction of sp³-hybridized carbons (Fsp3) is 0.0769. The zero-order chi connectivity index (χ0) is 24.2. The molecule has 3 aromatic rings. The number of benzene rings is 3. The molecule has 1 aliphatic rings. The highest BCUT2D eigenvalue weighted by atomic mass is 79.9. The van der Waals surface area contributed by atoms with Crippen molar-refractivity contribution in [3.05, 3.63) is 99.0 Å². The average Bonchev–Trinajstić information content (AvgIpc) is 2.82. The van der Waals surface area contributed by atoms with Gasteiger partial charge in [-0.25, -0.2) is 9.69 Å². The van der Waals surface area contributed by atoms with E-state index in [2.05, 4.69) is 27.3 Å². The number of urea groups is 1. The summed E-state index contributed by atoms with van der Waals surface area (Å²) in [5.41, 5.74) is 3.04. The number of rotatable bonds is 5. The first-order valence-corrected chi connectivity index (χ1v) is 11.0. The van der Waals surface area contributed by atoms with Gasteiger partial charge in [-0.3, -0.25) is 14.9 Å². The first-order valence-electron chi connectivity index (χ1n) is 10.3. The number of carbonyl (C=O) groups is 3. The molecule has 3 aromatic carbocycles. The molecule has 168 valence electrons. The lowest BCUT2D eigenvalue weighted by Crippen LogP contribution is -2.54. The monoisotopic (exact) mass is 515 g/mol. The Balaban J connectivity index is 1.56. The average molecular weight is 516 g/mol. The fourth-order valence-electron chi connectivity index (χ4n) is 3.39. The molecule has 4 amide bonds. The van der Waals surface area contributed by atoms with Gasteiger partial charge in [-0.05, 0) is 64.8 Å². The van der Waals surface area contributed by atoms with Crippen molar-refractivity contribution in [1.29, 1.82) is 5.26 Å². The number of nitrogens with one attached hydrogen (secondary N) is 1. The molecular formula is C26H18BrN3O4. The molecular weight excluding hydrogens is 498 g/mol. The van der Waals surface area contributed by atoms with Gasteiger partial charge in [-0.1, -0.05) is 42.0 Å². The first kappa shape index (κ1) is 23.0. The maximum absolute atomic E-state index is 13.0. The summed E-state index contributed by atoms with van der Waals surface area (Å²) in [4.78, 5) is 38.7. The zero-order valence-electron chi connectivity index (χ0n) is 18.0. The van der Waals surface area contributed by atoms with Crippen molar-refractivity contribution in [2.24, 2.45) is 0 Å². The van der Waals surface area contributed by atoms with Gasteiger partial charge in [-0.2, -0.15) is 5.26 Å². The molecule has 0 spiro atoms. The summed E-state index contributed by atoms with van der Waals surface area (Å²) >= 11 is 3.45. The number of hydrogen-bond acceptors (Lipinski definition) is 5. The largest absolute Gasteiger partial charge is 0.488 e. The van der Waals surface area contributed by atoms with Crippen molar-refractivity contribution in [3.63, 3.8) is 0 Å². The molecule has 1 heterocycles. The summed E-state index contributed by atoms with van der Waals surface area (Å²) < 4.78 is 6.44. The van der Waals surface area contributed by atoms with Crippen LogP contribution in [0.1, 0.15) is 22.3 Å². The predicted octanol–water partition coefficient (Wildman–Crippen LogP) is 4.87. The zero-order valence-corrected chi connectivity index (χ0v) is 19.6. The molecule has 0 bridgehead atoms. The maximum atomic E-state index is 13.0. The van der Waals surface area contributed by atoms with Gasteiger partial charge in [0.05, 0.1) is 21.8 Å². The molecule has 7 nitrogen and oxygen atoms in total. The molecule has 0 aliphatic carbocycles. The topological polar surface area (TPSA) is 99.5 Å². The van der Waals surface area contributed by atoms with Crippen LogP contribution < -0.4 is 15.0 Å². The molecule has 8 heteroatoms. The summed E-state index contributed by atoms with van der Waals surface area (Å²) in [6.07, 6.45) is 1.42. The Kier molecular flexibility index (Phi) is 6.57. The predicted molar refractivity (Wildman–Crippen MR) is 130 cm³/mol. The molecule has 0 unspecified atom stereocenters. The van der Waals surface area contributed by atoms with E-state index >= 15 is 0 Å². The van der Waals surface area contributed by atoms with E-state index in [9.17, 15) is 19.6 Å². The summed E-state index contributed by atoms with van der Waals surface area (Å²) in [5, 5.41) is 11.4. The van der Waals surface area contributed by atoms with Crippen LogP contribution in [0.25, 0.3) is 6.08 Å². The molecule has 0 atom stereocenters. The van der Waals surface area contributed by atoms with E-state index in [1.54, 1.807) is 54.6 Å². The van der Waals surface area contributed by atoms with Gasteiger partial charge >= 0.3 is 6.03 Å². The molecule has 0 saturated carbocycles. The minimum Gasteiger partial charge on any atom is -0.488 e. The van der Waals surface area contributed by atoms with E-state index in [1.807, 2.05) is 19.1 Å². The van der Waals surface area contributed by atoms with Crippen LogP contribution in [0.5, 0.6) is 5.75 Å². The van der Waals surface area contributed by atoms with Gasteiger partial charge in [0, 0.05) is 5.56 Å². The second-order valence-corrected chi connectivity index (χ2v) is 8.40. The Morgan fingerprint density at radius 3 is 2.50 bits per heavy atom. The number of ether oxygens (including phenoxy) is 1. The van der Waals surface area contributed by atoms with Gasteiger partial charge in [0.15, 0.2) is 0 Å². The van der Waals surface area contributed by atoms with Crippen LogP contribution in [0.2, 0.25) is 0 Å². The van der Waals surface area contributed by atoms with E-state index in [-0.39, 0.29) is 12.2 Å².